The van der Waals surface area contributed by atoms with E-state index in [1.807, 2.05) is 36.2 Å². The zero-order valence-electron chi connectivity index (χ0n) is 17.1. The van der Waals surface area contributed by atoms with E-state index in [0.717, 1.165) is 49.4 Å². The Morgan fingerprint density at radius 1 is 1.38 bits per heavy atom. The molecule has 2 aliphatic rings. The zero-order valence-corrected chi connectivity index (χ0v) is 17.1. The van der Waals surface area contributed by atoms with E-state index in [-0.39, 0.29) is 11.9 Å². The fourth-order valence-corrected chi connectivity index (χ4v) is 4.04. The third-order valence-corrected chi connectivity index (χ3v) is 5.63. The minimum atomic E-state index is -0.537. The Bertz CT molecular complexity index is 873. The van der Waals surface area contributed by atoms with Crippen LogP contribution < -0.4 is 14.8 Å². The van der Waals surface area contributed by atoms with Crippen molar-refractivity contribution < 1.29 is 14.3 Å². The van der Waals surface area contributed by atoms with E-state index in [1.165, 1.54) is 0 Å². The summed E-state index contributed by atoms with van der Waals surface area (Å²) in [7, 11) is 1.62. The van der Waals surface area contributed by atoms with Gasteiger partial charge in [-0.2, -0.15) is 0 Å². The molecule has 0 radical (unpaired) electrons. The second-order valence-electron chi connectivity index (χ2n) is 7.51. The molecule has 154 valence electrons. The molecule has 0 aliphatic carbocycles. The third kappa shape index (κ3) is 4.19. The van der Waals surface area contributed by atoms with Crippen molar-refractivity contribution in [2.45, 2.75) is 51.3 Å². The van der Waals surface area contributed by atoms with Gasteiger partial charge in [0.15, 0.2) is 11.9 Å². The van der Waals surface area contributed by atoms with Gasteiger partial charge in [-0.1, -0.05) is 13.0 Å². The number of ether oxygens (including phenoxy) is 2. The van der Waals surface area contributed by atoms with Gasteiger partial charge in [0.2, 0.25) is 0 Å². The molecule has 2 atom stereocenters. The molecule has 1 saturated heterocycles. The number of carbonyl (C=O) groups excluding carboxylic acids is 1. The highest BCUT2D eigenvalue weighted by atomic mass is 16.5. The van der Waals surface area contributed by atoms with Crippen LogP contribution in [0.2, 0.25) is 0 Å². The van der Waals surface area contributed by atoms with Crippen molar-refractivity contribution in [3.05, 3.63) is 47.5 Å². The lowest BCUT2D eigenvalue weighted by Crippen LogP contribution is -2.41. The number of benzene rings is 1. The fourth-order valence-electron chi connectivity index (χ4n) is 4.04. The van der Waals surface area contributed by atoms with Crippen LogP contribution in [0.25, 0.3) is 0 Å². The summed E-state index contributed by atoms with van der Waals surface area (Å²) < 4.78 is 11.3. The van der Waals surface area contributed by atoms with Crippen molar-refractivity contribution in [1.82, 2.24) is 20.2 Å². The number of amides is 1. The van der Waals surface area contributed by atoms with Crippen molar-refractivity contribution in [3.8, 4) is 11.5 Å². The molecule has 29 heavy (non-hydrogen) atoms. The number of hydrogen-bond donors (Lipinski definition) is 1. The van der Waals surface area contributed by atoms with E-state index in [1.54, 1.807) is 13.2 Å². The number of aromatic nitrogens is 2. The predicted molar refractivity (Wildman–Crippen MR) is 109 cm³/mol. The quantitative estimate of drug-likeness (QED) is 0.809. The first kappa shape index (κ1) is 19.6. The summed E-state index contributed by atoms with van der Waals surface area (Å²) in [5.41, 5.74) is 2.26. The topological polar surface area (TPSA) is 76.6 Å². The summed E-state index contributed by atoms with van der Waals surface area (Å²) in [5, 5.41) is 3.34. The van der Waals surface area contributed by atoms with Crippen LogP contribution in [0.4, 0.5) is 0 Å². The molecular formula is C22H28N4O3. The Morgan fingerprint density at radius 3 is 3.07 bits per heavy atom. The average Bonchev–Trinajstić information content (AvgIpc) is 3.26. The van der Waals surface area contributed by atoms with Crippen molar-refractivity contribution in [2.75, 3.05) is 20.2 Å². The molecule has 1 aromatic carbocycles. The van der Waals surface area contributed by atoms with Crippen LogP contribution in [0, 0.1) is 0 Å². The minimum absolute atomic E-state index is 0.000747. The van der Waals surface area contributed by atoms with Crippen LogP contribution in [0.1, 0.15) is 49.3 Å². The molecule has 2 aromatic rings. The minimum Gasteiger partial charge on any atom is -0.497 e. The van der Waals surface area contributed by atoms with Crippen molar-refractivity contribution in [2.24, 2.45) is 0 Å². The highest BCUT2D eigenvalue weighted by Gasteiger charge is 2.36. The first-order valence-corrected chi connectivity index (χ1v) is 10.4. The van der Waals surface area contributed by atoms with Crippen molar-refractivity contribution in [3.63, 3.8) is 0 Å². The summed E-state index contributed by atoms with van der Waals surface area (Å²) in [4.78, 5) is 24.6. The van der Waals surface area contributed by atoms with Gasteiger partial charge in [0.05, 0.1) is 13.2 Å². The molecule has 7 heteroatoms. The summed E-state index contributed by atoms with van der Waals surface area (Å²) in [6, 6.07) is 7.29. The zero-order chi connectivity index (χ0) is 20.2. The molecule has 1 aromatic heterocycles. The van der Waals surface area contributed by atoms with E-state index < -0.39 is 6.10 Å². The van der Waals surface area contributed by atoms with Crippen molar-refractivity contribution in [1.29, 1.82) is 0 Å². The second-order valence-corrected chi connectivity index (χ2v) is 7.51. The molecule has 1 N–H and O–H groups in total. The number of hydrogen-bond acceptors (Lipinski definition) is 6. The molecular weight excluding hydrogens is 368 g/mol. The van der Waals surface area contributed by atoms with Gasteiger partial charge in [-0.15, -0.1) is 0 Å². The van der Waals surface area contributed by atoms with E-state index in [0.29, 0.717) is 24.5 Å². The normalized spacial score (nSPS) is 19.5. The van der Waals surface area contributed by atoms with Gasteiger partial charge in [0.25, 0.3) is 5.91 Å². The third-order valence-electron chi connectivity index (χ3n) is 5.63. The molecule has 3 heterocycles. The SMILES string of the molecule is CC[C@H](Oc1cccc(OC)c1)C(=O)N1CCC[C@@H]1c1ncc2c(n1)CCNC2. The molecule has 2 aliphatic heterocycles. The van der Waals surface area contributed by atoms with E-state index in [4.69, 9.17) is 14.5 Å². The number of carbonyl (C=O) groups is 1. The van der Waals surface area contributed by atoms with Gasteiger partial charge in [0.1, 0.15) is 11.5 Å². The lowest BCUT2D eigenvalue weighted by molar-refractivity contribution is -0.140. The van der Waals surface area contributed by atoms with Gasteiger partial charge in [-0.05, 0) is 31.4 Å². The fraction of sp³-hybridized carbons (Fsp3) is 0.500. The summed E-state index contributed by atoms with van der Waals surface area (Å²) in [6.45, 7) is 4.43. The first-order chi connectivity index (χ1) is 14.2. The van der Waals surface area contributed by atoms with Gasteiger partial charge < -0.3 is 19.7 Å². The largest absolute Gasteiger partial charge is 0.497 e. The highest BCUT2D eigenvalue weighted by Crippen LogP contribution is 2.32. The van der Waals surface area contributed by atoms with Gasteiger partial charge in [-0.25, -0.2) is 9.97 Å². The molecule has 0 bridgehead atoms. The van der Waals surface area contributed by atoms with Crippen molar-refractivity contribution >= 4 is 5.91 Å². The van der Waals surface area contributed by atoms with Crippen LogP contribution in [0.5, 0.6) is 11.5 Å². The Hall–Kier alpha value is -2.67. The lowest BCUT2D eigenvalue weighted by atomic mass is 10.1. The second kappa shape index (κ2) is 8.78. The highest BCUT2D eigenvalue weighted by molar-refractivity contribution is 5.82. The molecule has 7 nitrogen and oxygen atoms in total. The number of rotatable bonds is 6. The summed E-state index contributed by atoms with van der Waals surface area (Å²) in [5.74, 6) is 2.10. The number of fused-ring (bicyclic) bond motifs is 1. The monoisotopic (exact) mass is 396 g/mol. The molecule has 4 rings (SSSR count). The molecule has 1 amide bonds. The van der Waals surface area contributed by atoms with E-state index >= 15 is 0 Å². The molecule has 0 spiro atoms. The van der Waals surface area contributed by atoms with Gasteiger partial charge in [0, 0.05) is 49.6 Å². The first-order valence-electron chi connectivity index (χ1n) is 10.4. The molecule has 0 saturated carbocycles. The van der Waals surface area contributed by atoms with Crippen LogP contribution in [0.15, 0.2) is 30.5 Å². The number of likely N-dealkylation sites (tertiary alicyclic amines) is 1. The maximum Gasteiger partial charge on any atom is 0.264 e. The van der Waals surface area contributed by atoms with E-state index in [2.05, 4.69) is 10.3 Å². The Balaban J connectivity index is 1.51. The standard InChI is InChI=1S/C22H28N4O3/c1-3-20(29-17-7-4-6-16(12-17)28-2)22(27)26-11-5-8-19(26)21-24-14-15-13-23-10-9-18(15)25-21/h4,6-7,12,14,19-20,23H,3,5,8-11,13H2,1-2H3/t19-,20+/m1/s1. The van der Waals surface area contributed by atoms with E-state index in [9.17, 15) is 4.79 Å². The van der Waals surface area contributed by atoms with Crippen LogP contribution >= 0.6 is 0 Å². The maximum atomic E-state index is 13.3. The number of nitrogens with zero attached hydrogens (tertiary/aromatic N) is 3. The smallest absolute Gasteiger partial charge is 0.264 e. The Labute approximate surface area is 171 Å². The van der Waals surface area contributed by atoms with Gasteiger partial charge >= 0.3 is 0 Å². The summed E-state index contributed by atoms with van der Waals surface area (Å²) in [6.07, 6.45) is 4.71. The molecule has 1 fully saturated rings. The Kier molecular flexibility index (Phi) is 5.94. The average molecular weight is 396 g/mol. The Morgan fingerprint density at radius 2 is 2.24 bits per heavy atom. The van der Waals surface area contributed by atoms with Gasteiger partial charge in [-0.3, -0.25) is 4.79 Å². The maximum absolute atomic E-state index is 13.3. The lowest BCUT2D eigenvalue weighted by Gasteiger charge is -2.28. The summed E-state index contributed by atoms with van der Waals surface area (Å²) >= 11 is 0. The van der Waals surface area contributed by atoms with Crippen LogP contribution in [-0.2, 0) is 17.8 Å². The number of methoxy groups -OCH3 is 1. The number of nitrogens with one attached hydrogen (secondary N) is 1. The predicted octanol–water partition coefficient (Wildman–Crippen LogP) is 2.65. The van der Waals surface area contributed by atoms with Crippen LogP contribution in [-0.4, -0.2) is 47.1 Å². The molecule has 0 unspecified atom stereocenters. The van der Waals surface area contributed by atoms with Crippen LogP contribution in [0.3, 0.4) is 0 Å².